The Labute approximate surface area is 155 Å². The third-order valence-electron chi connectivity index (χ3n) is 4.76. The number of carbonyl (C=O) groups is 1. The van der Waals surface area contributed by atoms with Gasteiger partial charge in [-0.25, -0.2) is 9.97 Å². The number of amides is 1. The van der Waals surface area contributed by atoms with Gasteiger partial charge in [-0.15, -0.1) is 0 Å². The van der Waals surface area contributed by atoms with Crippen molar-refractivity contribution in [3.05, 3.63) is 59.4 Å². The molecule has 1 saturated heterocycles. The normalized spacial score (nSPS) is 14.4. The number of aryl methyl sites for hydroxylation is 1. The molecule has 4 heterocycles. The SMILES string of the molecule is Cc1cccc2nc(C(=O)N3CCN(c4ncccc4C#N)CC3)c(F)n12. The zero-order valence-electron chi connectivity index (χ0n) is 14.8. The van der Waals surface area contributed by atoms with Crippen LogP contribution in [0.25, 0.3) is 5.65 Å². The van der Waals surface area contributed by atoms with Crippen molar-refractivity contribution in [2.45, 2.75) is 6.92 Å². The number of hydrogen-bond acceptors (Lipinski definition) is 5. The zero-order chi connectivity index (χ0) is 19.0. The number of imidazole rings is 1. The molecule has 1 aliphatic rings. The van der Waals surface area contributed by atoms with E-state index in [0.29, 0.717) is 48.9 Å². The highest BCUT2D eigenvalue weighted by Gasteiger charge is 2.28. The van der Waals surface area contributed by atoms with Crippen molar-refractivity contribution < 1.29 is 9.18 Å². The summed E-state index contributed by atoms with van der Waals surface area (Å²) in [5.74, 6) is -0.439. The quantitative estimate of drug-likeness (QED) is 0.695. The van der Waals surface area contributed by atoms with Crippen LogP contribution in [0.4, 0.5) is 10.2 Å². The first kappa shape index (κ1) is 17.0. The van der Waals surface area contributed by atoms with Gasteiger partial charge in [0.05, 0.1) is 5.56 Å². The number of piperazine rings is 1. The molecule has 27 heavy (non-hydrogen) atoms. The molecular weight excluding hydrogens is 347 g/mol. The fourth-order valence-corrected chi connectivity index (χ4v) is 3.36. The summed E-state index contributed by atoms with van der Waals surface area (Å²) in [6.07, 6.45) is 1.64. The van der Waals surface area contributed by atoms with E-state index in [1.54, 1.807) is 48.4 Å². The second-order valence-corrected chi connectivity index (χ2v) is 6.38. The van der Waals surface area contributed by atoms with Gasteiger partial charge in [-0.05, 0) is 31.2 Å². The molecule has 7 nitrogen and oxygen atoms in total. The molecule has 0 radical (unpaired) electrons. The summed E-state index contributed by atoms with van der Waals surface area (Å²) < 4.78 is 16.1. The van der Waals surface area contributed by atoms with Gasteiger partial charge in [-0.3, -0.25) is 9.20 Å². The molecule has 0 N–H and O–H groups in total. The molecule has 0 saturated carbocycles. The van der Waals surface area contributed by atoms with E-state index in [1.165, 1.54) is 4.40 Å². The Kier molecular flexibility index (Phi) is 4.20. The number of nitrogens with zero attached hydrogens (tertiary/aromatic N) is 6. The molecule has 0 bridgehead atoms. The lowest BCUT2D eigenvalue weighted by atomic mass is 10.2. The van der Waals surface area contributed by atoms with E-state index < -0.39 is 11.9 Å². The van der Waals surface area contributed by atoms with Crippen LogP contribution in [0, 0.1) is 24.2 Å². The minimum absolute atomic E-state index is 0.159. The zero-order valence-corrected chi connectivity index (χ0v) is 14.8. The first-order valence-corrected chi connectivity index (χ1v) is 8.63. The van der Waals surface area contributed by atoms with E-state index in [2.05, 4.69) is 16.0 Å². The number of anilines is 1. The lowest BCUT2D eigenvalue weighted by molar-refractivity contribution is 0.0736. The Balaban J connectivity index is 1.54. The molecule has 0 aromatic carbocycles. The molecule has 0 unspecified atom stereocenters. The van der Waals surface area contributed by atoms with Crippen molar-refractivity contribution in [2.24, 2.45) is 0 Å². The van der Waals surface area contributed by atoms with Gasteiger partial charge in [0, 0.05) is 38.1 Å². The summed E-state index contributed by atoms with van der Waals surface area (Å²) in [5.41, 5.74) is 1.44. The lowest BCUT2D eigenvalue weighted by Crippen LogP contribution is -2.49. The average Bonchev–Trinajstić information content (AvgIpc) is 3.05. The number of fused-ring (bicyclic) bond motifs is 1. The molecule has 0 atom stereocenters. The fourth-order valence-electron chi connectivity index (χ4n) is 3.36. The second kappa shape index (κ2) is 6.68. The van der Waals surface area contributed by atoms with Crippen molar-refractivity contribution in [2.75, 3.05) is 31.1 Å². The van der Waals surface area contributed by atoms with Crippen LogP contribution < -0.4 is 4.90 Å². The standard InChI is InChI=1S/C19H17FN6O/c1-13-4-2-6-15-23-16(17(20)26(13)15)19(27)25-10-8-24(9-11-25)18-14(12-21)5-3-7-22-18/h2-7H,8-11H2,1H3. The van der Waals surface area contributed by atoms with Crippen molar-refractivity contribution in [3.63, 3.8) is 0 Å². The van der Waals surface area contributed by atoms with Crippen LogP contribution >= 0.6 is 0 Å². The third-order valence-corrected chi connectivity index (χ3v) is 4.76. The molecule has 3 aromatic rings. The van der Waals surface area contributed by atoms with E-state index in [0.717, 1.165) is 0 Å². The average molecular weight is 364 g/mol. The number of hydrogen-bond donors (Lipinski definition) is 0. The van der Waals surface area contributed by atoms with Gasteiger partial charge < -0.3 is 9.80 Å². The fraction of sp³-hybridized carbons (Fsp3) is 0.263. The van der Waals surface area contributed by atoms with E-state index in [1.807, 2.05) is 4.90 Å². The van der Waals surface area contributed by atoms with Gasteiger partial charge in [0.25, 0.3) is 5.91 Å². The van der Waals surface area contributed by atoms with Gasteiger partial charge >= 0.3 is 0 Å². The molecule has 1 aliphatic heterocycles. The van der Waals surface area contributed by atoms with E-state index >= 15 is 0 Å². The van der Waals surface area contributed by atoms with Crippen LogP contribution in [0.1, 0.15) is 21.7 Å². The Morgan fingerprint density at radius 2 is 1.96 bits per heavy atom. The van der Waals surface area contributed by atoms with E-state index in [4.69, 9.17) is 0 Å². The number of aromatic nitrogens is 3. The molecule has 0 aliphatic carbocycles. The predicted octanol–water partition coefficient (Wildman–Crippen LogP) is 2.01. The van der Waals surface area contributed by atoms with Crippen molar-refractivity contribution >= 4 is 17.4 Å². The number of nitriles is 1. The van der Waals surface area contributed by atoms with E-state index in [-0.39, 0.29) is 5.69 Å². The van der Waals surface area contributed by atoms with Gasteiger partial charge in [0.2, 0.25) is 5.95 Å². The highest BCUT2D eigenvalue weighted by Crippen LogP contribution is 2.20. The van der Waals surface area contributed by atoms with Gasteiger partial charge in [-0.1, -0.05) is 6.07 Å². The molecule has 1 fully saturated rings. The largest absolute Gasteiger partial charge is 0.352 e. The molecule has 0 spiro atoms. The first-order valence-electron chi connectivity index (χ1n) is 8.63. The predicted molar refractivity (Wildman–Crippen MR) is 97.0 cm³/mol. The summed E-state index contributed by atoms with van der Waals surface area (Å²) in [6.45, 7) is 3.63. The highest BCUT2D eigenvalue weighted by atomic mass is 19.1. The molecule has 8 heteroatoms. The number of rotatable bonds is 2. The first-order chi connectivity index (χ1) is 13.1. The molecule has 4 rings (SSSR count). The third kappa shape index (κ3) is 2.87. The maximum Gasteiger partial charge on any atom is 0.277 e. The Morgan fingerprint density at radius 3 is 2.67 bits per heavy atom. The Morgan fingerprint density at radius 1 is 1.19 bits per heavy atom. The summed E-state index contributed by atoms with van der Waals surface area (Å²) in [6, 6.07) is 10.8. The molecule has 3 aromatic heterocycles. The summed E-state index contributed by atoms with van der Waals surface area (Å²) >= 11 is 0. The molecule has 136 valence electrons. The molecular formula is C19H17FN6O. The molecule has 1 amide bonds. The topological polar surface area (TPSA) is 77.5 Å². The minimum atomic E-state index is -0.632. The maximum atomic E-state index is 14.7. The van der Waals surface area contributed by atoms with Crippen molar-refractivity contribution in [3.8, 4) is 6.07 Å². The smallest absolute Gasteiger partial charge is 0.277 e. The summed E-state index contributed by atoms with van der Waals surface area (Å²) in [7, 11) is 0. The number of carbonyl (C=O) groups excluding carboxylic acids is 1. The maximum absolute atomic E-state index is 14.7. The number of pyridine rings is 2. The Bertz CT molecular complexity index is 1060. The van der Waals surface area contributed by atoms with Crippen LogP contribution in [-0.2, 0) is 0 Å². The van der Waals surface area contributed by atoms with Crippen LogP contribution in [0.5, 0.6) is 0 Å². The summed E-state index contributed by atoms with van der Waals surface area (Å²) in [4.78, 5) is 24.8. The van der Waals surface area contributed by atoms with E-state index in [9.17, 15) is 14.4 Å². The van der Waals surface area contributed by atoms with Crippen molar-refractivity contribution in [1.29, 1.82) is 5.26 Å². The van der Waals surface area contributed by atoms with Crippen LogP contribution in [0.3, 0.4) is 0 Å². The number of halogens is 1. The van der Waals surface area contributed by atoms with Crippen LogP contribution in [0.15, 0.2) is 36.5 Å². The van der Waals surface area contributed by atoms with Gasteiger partial charge in [0.1, 0.15) is 17.5 Å². The van der Waals surface area contributed by atoms with Gasteiger partial charge in [0.15, 0.2) is 5.69 Å². The minimum Gasteiger partial charge on any atom is -0.352 e. The van der Waals surface area contributed by atoms with Crippen LogP contribution in [-0.4, -0.2) is 51.4 Å². The lowest BCUT2D eigenvalue weighted by Gasteiger charge is -2.35. The second-order valence-electron chi connectivity index (χ2n) is 6.38. The highest BCUT2D eigenvalue weighted by molar-refractivity contribution is 5.93. The summed E-state index contributed by atoms with van der Waals surface area (Å²) in [5, 5.41) is 9.23. The monoisotopic (exact) mass is 364 g/mol. The van der Waals surface area contributed by atoms with Crippen LogP contribution in [0.2, 0.25) is 0 Å². The Hall–Kier alpha value is -3.47. The van der Waals surface area contributed by atoms with Gasteiger partial charge in [-0.2, -0.15) is 9.65 Å². The van der Waals surface area contributed by atoms with Crippen molar-refractivity contribution in [1.82, 2.24) is 19.3 Å².